The van der Waals surface area contributed by atoms with Gasteiger partial charge in [0.05, 0.1) is 26.5 Å². The summed E-state index contributed by atoms with van der Waals surface area (Å²) in [4.78, 5) is 26.6. The Kier molecular flexibility index (Phi) is 6.01. The van der Waals surface area contributed by atoms with E-state index in [0.29, 0.717) is 19.8 Å². The van der Waals surface area contributed by atoms with Crippen molar-refractivity contribution in [1.29, 1.82) is 0 Å². The van der Waals surface area contributed by atoms with Crippen LogP contribution < -0.4 is 15.5 Å². The van der Waals surface area contributed by atoms with Crippen molar-refractivity contribution in [2.24, 2.45) is 0 Å². The summed E-state index contributed by atoms with van der Waals surface area (Å²) in [7, 11) is 1.46. The van der Waals surface area contributed by atoms with Crippen molar-refractivity contribution in [2.45, 2.75) is 39.4 Å². The number of nitrogens with one attached hydrogen (secondary N) is 1. The average molecular weight is 337 g/mol. The zero-order valence-electron chi connectivity index (χ0n) is 14.9. The quantitative estimate of drug-likeness (QED) is 0.852. The molecule has 134 valence electrons. The van der Waals surface area contributed by atoms with Crippen LogP contribution in [0.4, 0.5) is 0 Å². The van der Waals surface area contributed by atoms with Crippen molar-refractivity contribution in [3.05, 3.63) is 28.2 Å². The summed E-state index contributed by atoms with van der Waals surface area (Å²) in [5.41, 5.74) is 0.324. The fraction of sp³-hybridized carbons (Fsp3) is 0.647. The molecule has 0 unspecified atom stereocenters. The lowest BCUT2D eigenvalue weighted by molar-refractivity contribution is -0.123. The number of carbonyl (C=O) groups is 1. The SMILES string of the molecule is COc1cn(CC(=O)NC(C)(C)C)c(CN2CCOCC2)cc1=O. The van der Waals surface area contributed by atoms with E-state index in [1.54, 1.807) is 16.8 Å². The van der Waals surface area contributed by atoms with Gasteiger partial charge in [-0.2, -0.15) is 0 Å². The largest absolute Gasteiger partial charge is 0.491 e. The number of pyridine rings is 1. The minimum atomic E-state index is -0.301. The molecule has 1 aliphatic heterocycles. The number of amides is 1. The topological polar surface area (TPSA) is 72.8 Å². The van der Waals surface area contributed by atoms with Gasteiger partial charge >= 0.3 is 0 Å². The molecular formula is C17H27N3O4. The highest BCUT2D eigenvalue weighted by molar-refractivity contribution is 5.76. The number of carbonyl (C=O) groups excluding carboxylic acids is 1. The summed E-state index contributed by atoms with van der Waals surface area (Å²) in [6.45, 7) is 9.56. The maximum Gasteiger partial charge on any atom is 0.240 e. The molecule has 1 aromatic rings. The van der Waals surface area contributed by atoms with Crippen molar-refractivity contribution >= 4 is 5.91 Å². The van der Waals surface area contributed by atoms with Gasteiger partial charge in [-0.3, -0.25) is 14.5 Å². The summed E-state index contributed by atoms with van der Waals surface area (Å²) >= 11 is 0. The van der Waals surface area contributed by atoms with Gasteiger partial charge in [-0.05, 0) is 20.8 Å². The van der Waals surface area contributed by atoms with Crippen LogP contribution in [0.1, 0.15) is 26.5 Å². The summed E-state index contributed by atoms with van der Waals surface area (Å²) in [6, 6.07) is 1.55. The third kappa shape index (κ3) is 5.35. The number of hydrogen-bond acceptors (Lipinski definition) is 5. The molecule has 2 heterocycles. The summed E-state index contributed by atoms with van der Waals surface area (Å²) < 4.78 is 12.3. The first-order valence-electron chi connectivity index (χ1n) is 8.17. The van der Waals surface area contributed by atoms with Gasteiger partial charge in [0.1, 0.15) is 6.54 Å². The fourth-order valence-corrected chi connectivity index (χ4v) is 2.63. The van der Waals surface area contributed by atoms with Gasteiger partial charge in [-0.25, -0.2) is 0 Å². The molecule has 7 heteroatoms. The van der Waals surface area contributed by atoms with Crippen LogP contribution in [0.25, 0.3) is 0 Å². The molecule has 1 fully saturated rings. The molecule has 0 saturated carbocycles. The van der Waals surface area contributed by atoms with Crippen LogP contribution in [0, 0.1) is 0 Å². The van der Waals surface area contributed by atoms with Crippen molar-refractivity contribution < 1.29 is 14.3 Å². The Morgan fingerprint density at radius 2 is 2.00 bits per heavy atom. The molecule has 0 radical (unpaired) electrons. The molecule has 1 aromatic heterocycles. The predicted molar refractivity (Wildman–Crippen MR) is 91.2 cm³/mol. The fourth-order valence-electron chi connectivity index (χ4n) is 2.63. The summed E-state index contributed by atoms with van der Waals surface area (Å²) in [6.07, 6.45) is 1.61. The Hall–Kier alpha value is -1.86. The van der Waals surface area contributed by atoms with Gasteiger partial charge < -0.3 is 19.4 Å². The average Bonchev–Trinajstić information content (AvgIpc) is 2.49. The summed E-state index contributed by atoms with van der Waals surface area (Å²) in [5.74, 6) is 0.140. The second kappa shape index (κ2) is 7.81. The number of ether oxygens (including phenoxy) is 2. The van der Waals surface area contributed by atoms with Crippen LogP contribution >= 0.6 is 0 Å². The van der Waals surface area contributed by atoms with Crippen LogP contribution in [0.3, 0.4) is 0 Å². The Labute approximate surface area is 142 Å². The third-order valence-electron chi connectivity index (χ3n) is 3.72. The minimum absolute atomic E-state index is 0.101. The second-order valence-corrected chi connectivity index (χ2v) is 7.01. The van der Waals surface area contributed by atoms with Crippen molar-refractivity contribution in [3.8, 4) is 5.75 Å². The Morgan fingerprint density at radius 1 is 1.33 bits per heavy atom. The third-order valence-corrected chi connectivity index (χ3v) is 3.72. The molecule has 0 bridgehead atoms. The van der Waals surface area contributed by atoms with Crippen molar-refractivity contribution in [3.63, 3.8) is 0 Å². The van der Waals surface area contributed by atoms with Crippen LogP contribution in [0.15, 0.2) is 17.1 Å². The molecule has 1 saturated heterocycles. The molecule has 0 spiro atoms. The first kappa shape index (κ1) is 18.5. The number of nitrogens with zero attached hydrogens (tertiary/aromatic N) is 2. The number of aromatic nitrogens is 1. The Bertz CT molecular complexity index is 628. The smallest absolute Gasteiger partial charge is 0.240 e. The number of methoxy groups -OCH3 is 1. The van der Waals surface area contributed by atoms with E-state index >= 15 is 0 Å². The maximum absolute atomic E-state index is 12.3. The van der Waals surface area contributed by atoms with Crippen LogP contribution in [0.2, 0.25) is 0 Å². The molecule has 0 aliphatic carbocycles. The second-order valence-electron chi connectivity index (χ2n) is 7.01. The van der Waals surface area contributed by atoms with E-state index in [-0.39, 0.29) is 29.2 Å². The minimum Gasteiger partial charge on any atom is -0.491 e. The van der Waals surface area contributed by atoms with Crippen molar-refractivity contribution in [1.82, 2.24) is 14.8 Å². The zero-order valence-corrected chi connectivity index (χ0v) is 14.9. The zero-order chi connectivity index (χ0) is 17.7. The van der Waals surface area contributed by atoms with Gasteiger partial charge in [0.2, 0.25) is 11.3 Å². The highest BCUT2D eigenvalue weighted by atomic mass is 16.5. The molecule has 24 heavy (non-hydrogen) atoms. The number of rotatable bonds is 5. The van der Waals surface area contributed by atoms with Gasteiger partial charge in [0, 0.05) is 36.9 Å². The number of hydrogen-bond donors (Lipinski definition) is 1. The summed E-state index contributed by atoms with van der Waals surface area (Å²) in [5, 5.41) is 2.94. The molecule has 1 amide bonds. The van der Waals surface area contributed by atoms with Gasteiger partial charge in [-0.15, -0.1) is 0 Å². The first-order chi connectivity index (χ1) is 11.3. The molecule has 7 nitrogen and oxygen atoms in total. The van der Waals surface area contributed by atoms with Crippen LogP contribution in [-0.4, -0.2) is 54.3 Å². The van der Waals surface area contributed by atoms with Gasteiger partial charge in [0.15, 0.2) is 5.75 Å². The normalized spacial score (nSPS) is 16.0. The molecular weight excluding hydrogens is 310 g/mol. The van der Waals surface area contributed by atoms with Gasteiger partial charge in [-0.1, -0.05) is 0 Å². The Morgan fingerprint density at radius 3 is 2.58 bits per heavy atom. The first-order valence-corrected chi connectivity index (χ1v) is 8.17. The van der Waals surface area contributed by atoms with E-state index in [0.717, 1.165) is 18.8 Å². The van der Waals surface area contributed by atoms with E-state index in [2.05, 4.69) is 10.2 Å². The highest BCUT2D eigenvalue weighted by Crippen LogP contribution is 2.11. The van der Waals surface area contributed by atoms with E-state index in [4.69, 9.17) is 9.47 Å². The lowest BCUT2D eigenvalue weighted by Crippen LogP contribution is -2.43. The molecule has 0 aromatic carbocycles. The Balaban J connectivity index is 2.22. The van der Waals surface area contributed by atoms with E-state index in [1.165, 1.54) is 7.11 Å². The predicted octanol–water partition coefficient (Wildman–Crippen LogP) is 0.604. The van der Waals surface area contributed by atoms with E-state index in [1.807, 2.05) is 20.8 Å². The number of morpholine rings is 1. The molecule has 0 atom stereocenters. The highest BCUT2D eigenvalue weighted by Gasteiger charge is 2.18. The molecule has 2 rings (SSSR count). The monoisotopic (exact) mass is 337 g/mol. The van der Waals surface area contributed by atoms with E-state index < -0.39 is 0 Å². The van der Waals surface area contributed by atoms with Crippen LogP contribution in [-0.2, 0) is 22.6 Å². The van der Waals surface area contributed by atoms with Crippen LogP contribution in [0.5, 0.6) is 5.75 Å². The lowest BCUT2D eigenvalue weighted by atomic mass is 10.1. The van der Waals surface area contributed by atoms with E-state index in [9.17, 15) is 9.59 Å². The van der Waals surface area contributed by atoms with Gasteiger partial charge in [0.25, 0.3) is 0 Å². The van der Waals surface area contributed by atoms with Crippen molar-refractivity contribution in [2.75, 3.05) is 33.4 Å². The molecule has 1 N–H and O–H groups in total. The molecule has 1 aliphatic rings. The maximum atomic E-state index is 12.3. The lowest BCUT2D eigenvalue weighted by Gasteiger charge is -2.28. The standard InChI is InChI=1S/C17H27N3O4/c1-17(2,3)18-16(22)12-20-11-15(23-4)14(21)9-13(20)10-19-5-7-24-8-6-19/h9,11H,5-8,10,12H2,1-4H3,(H,18,22).